The second kappa shape index (κ2) is 2.69. The zero-order valence-corrected chi connectivity index (χ0v) is 8.33. The van der Waals surface area contributed by atoms with Crippen molar-refractivity contribution in [1.82, 2.24) is 10.2 Å². The van der Waals surface area contributed by atoms with Crippen LogP contribution in [-0.2, 0) is 9.53 Å². The Balaban J connectivity index is 2.25. The molecule has 0 aliphatic carbocycles. The zero-order valence-electron chi connectivity index (χ0n) is 8.33. The highest BCUT2D eigenvalue weighted by Crippen LogP contribution is 2.33. The minimum atomic E-state index is -0.427. The van der Waals surface area contributed by atoms with Crippen molar-refractivity contribution in [3.05, 3.63) is 0 Å². The van der Waals surface area contributed by atoms with Gasteiger partial charge < -0.3 is 15.0 Å². The molecule has 2 aliphatic heterocycles. The van der Waals surface area contributed by atoms with Crippen LogP contribution in [0.1, 0.15) is 20.8 Å². The van der Waals surface area contributed by atoms with Crippen molar-refractivity contribution < 1.29 is 9.53 Å². The molecule has 74 valence electrons. The topological polar surface area (TPSA) is 41.6 Å². The number of hydrogen-bond acceptors (Lipinski definition) is 3. The van der Waals surface area contributed by atoms with Gasteiger partial charge in [-0.15, -0.1) is 0 Å². The normalized spacial score (nSPS) is 36.4. The Morgan fingerprint density at radius 2 is 2.23 bits per heavy atom. The fraction of sp³-hybridized carbons (Fsp3) is 0.889. The van der Waals surface area contributed by atoms with Crippen LogP contribution in [0.15, 0.2) is 0 Å². The molecule has 2 unspecified atom stereocenters. The van der Waals surface area contributed by atoms with Crippen LogP contribution in [0.5, 0.6) is 0 Å². The van der Waals surface area contributed by atoms with Gasteiger partial charge in [0.05, 0.1) is 12.1 Å². The summed E-state index contributed by atoms with van der Waals surface area (Å²) in [6.07, 6.45) is 0.180. The van der Waals surface area contributed by atoms with E-state index in [0.29, 0.717) is 0 Å². The number of rotatable bonds is 0. The number of hydrogen-bond donors (Lipinski definition) is 1. The summed E-state index contributed by atoms with van der Waals surface area (Å²) < 4.78 is 5.79. The summed E-state index contributed by atoms with van der Waals surface area (Å²) in [5, 5.41) is 3.23. The molecule has 1 N–H and O–H groups in total. The molecule has 0 spiro atoms. The maximum absolute atomic E-state index is 11.4. The van der Waals surface area contributed by atoms with Crippen molar-refractivity contribution in [2.45, 2.75) is 38.6 Å². The Kier molecular flexibility index (Phi) is 1.85. The van der Waals surface area contributed by atoms with Crippen LogP contribution in [0.25, 0.3) is 0 Å². The lowest BCUT2D eigenvalue weighted by atomic mass is 10.2. The van der Waals surface area contributed by atoms with Crippen LogP contribution in [0.3, 0.4) is 0 Å². The van der Waals surface area contributed by atoms with Gasteiger partial charge in [-0.2, -0.15) is 0 Å². The van der Waals surface area contributed by atoms with E-state index in [1.165, 1.54) is 0 Å². The molecule has 2 heterocycles. The van der Waals surface area contributed by atoms with E-state index in [2.05, 4.69) is 5.32 Å². The number of carbonyl (C=O) groups is 1. The van der Waals surface area contributed by atoms with Crippen LogP contribution >= 0.6 is 0 Å². The number of fused-ring (bicyclic) bond motifs is 1. The third-order valence-electron chi connectivity index (χ3n) is 2.82. The van der Waals surface area contributed by atoms with E-state index in [9.17, 15) is 4.79 Å². The summed E-state index contributed by atoms with van der Waals surface area (Å²) in [6, 6.07) is 0.229. The van der Waals surface area contributed by atoms with Gasteiger partial charge >= 0.3 is 0 Å². The first kappa shape index (κ1) is 8.97. The van der Waals surface area contributed by atoms with E-state index < -0.39 is 5.72 Å². The zero-order chi connectivity index (χ0) is 9.64. The van der Waals surface area contributed by atoms with Crippen molar-refractivity contribution in [3.63, 3.8) is 0 Å². The van der Waals surface area contributed by atoms with Gasteiger partial charge in [-0.1, -0.05) is 0 Å². The average Bonchev–Trinajstić information content (AvgIpc) is 2.41. The standard InChI is InChI=1S/C9H16N2O2/c1-6(12)11-7-4-10-5-8(7)13-9(11,2)3/h7-8,10H,4-5H2,1-3H3. The van der Waals surface area contributed by atoms with E-state index in [0.717, 1.165) is 13.1 Å². The minimum absolute atomic E-state index is 0.0983. The Hall–Kier alpha value is -0.610. The van der Waals surface area contributed by atoms with E-state index >= 15 is 0 Å². The molecule has 0 aromatic heterocycles. The van der Waals surface area contributed by atoms with Crippen molar-refractivity contribution in [1.29, 1.82) is 0 Å². The fourth-order valence-corrected chi connectivity index (χ4v) is 2.46. The van der Waals surface area contributed by atoms with E-state index in [1.54, 1.807) is 6.92 Å². The molecule has 2 aliphatic rings. The monoisotopic (exact) mass is 184 g/mol. The molecule has 13 heavy (non-hydrogen) atoms. The number of amides is 1. The third-order valence-corrected chi connectivity index (χ3v) is 2.82. The smallest absolute Gasteiger partial charge is 0.222 e. The number of ether oxygens (including phenoxy) is 1. The first-order valence-electron chi connectivity index (χ1n) is 4.71. The Labute approximate surface area is 78.2 Å². The second-order valence-electron chi connectivity index (χ2n) is 4.22. The average molecular weight is 184 g/mol. The summed E-state index contributed by atoms with van der Waals surface area (Å²) in [4.78, 5) is 13.3. The molecule has 2 saturated heterocycles. The molecule has 4 nitrogen and oxygen atoms in total. The van der Waals surface area contributed by atoms with Gasteiger partial charge in [0.2, 0.25) is 5.91 Å². The predicted molar refractivity (Wildman–Crippen MR) is 48.1 cm³/mol. The quantitative estimate of drug-likeness (QED) is 0.573. The number of nitrogens with one attached hydrogen (secondary N) is 1. The lowest BCUT2D eigenvalue weighted by molar-refractivity contribution is -0.145. The van der Waals surface area contributed by atoms with Gasteiger partial charge in [0.25, 0.3) is 0 Å². The van der Waals surface area contributed by atoms with Crippen LogP contribution in [0, 0.1) is 0 Å². The maximum Gasteiger partial charge on any atom is 0.222 e. The first-order valence-corrected chi connectivity index (χ1v) is 4.71. The molecule has 1 amide bonds. The summed E-state index contributed by atoms with van der Waals surface area (Å²) >= 11 is 0. The maximum atomic E-state index is 11.4. The molecule has 0 bridgehead atoms. The minimum Gasteiger partial charge on any atom is -0.349 e. The molecule has 0 aromatic carbocycles. The highest BCUT2D eigenvalue weighted by molar-refractivity contribution is 5.74. The summed E-state index contributed by atoms with van der Waals surface area (Å²) in [6.45, 7) is 7.22. The lowest BCUT2D eigenvalue weighted by Gasteiger charge is -2.32. The summed E-state index contributed by atoms with van der Waals surface area (Å²) in [5.74, 6) is 0.0983. The molecule has 2 fully saturated rings. The molecule has 0 aromatic rings. The molecule has 2 rings (SSSR count). The summed E-state index contributed by atoms with van der Waals surface area (Å²) in [5.41, 5.74) is -0.427. The largest absolute Gasteiger partial charge is 0.349 e. The molecule has 4 heteroatoms. The van der Waals surface area contributed by atoms with Crippen LogP contribution in [0.2, 0.25) is 0 Å². The van der Waals surface area contributed by atoms with Crippen molar-refractivity contribution in [2.24, 2.45) is 0 Å². The van der Waals surface area contributed by atoms with Gasteiger partial charge in [-0.3, -0.25) is 4.79 Å². The molecule has 0 radical (unpaired) electrons. The van der Waals surface area contributed by atoms with E-state index in [1.807, 2.05) is 18.7 Å². The number of carbonyl (C=O) groups excluding carboxylic acids is 1. The molecule has 0 saturated carbocycles. The molecule has 2 atom stereocenters. The van der Waals surface area contributed by atoms with E-state index in [-0.39, 0.29) is 18.1 Å². The van der Waals surface area contributed by atoms with Crippen LogP contribution < -0.4 is 5.32 Å². The van der Waals surface area contributed by atoms with Crippen LogP contribution in [-0.4, -0.2) is 41.8 Å². The Morgan fingerprint density at radius 3 is 2.85 bits per heavy atom. The van der Waals surface area contributed by atoms with E-state index in [4.69, 9.17) is 4.74 Å². The van der Waals surface area contributed by atoms with Crippen LogP contribution in [0.4, 0.5) is 0 Å². The van der Waals surface area contributed by atoms with Crippen molar-refractivity contribution in [2.75, 3.05) is 13.1 Å². The second-order valence-corrected chi connectivity index (χ2v) is 4.22. The van der Waals surface area contributed by atoms with Gasteiger partial charge in [-0.25, -0.2) is 0 Å². The SMILES string of the molecule is CC(=O)N1C2CNCC2OC1(C)C. The lowest BCUT2D eigenvalue weighted by Crippen LogP contribution is -2.48. The molecular weight excluding hydrogens is 168 g/mol. The van der Waals surface area contributed by atoms with Gasteiger partial charge in [0.1, 0.15) is 5.72 Å². The Bertz CT molecular complexity index is 240. The predicted octanol–water partition coefficient (Wildman–Crippen LogP) is -0.0584. The summed E-state index contributed by atoms with van der Waals surface area (Å²) in [7, 11) is 0. The van der Waals surface area contributed by atoms with Gasteiger partial charge in [-0.05, 0) is 13.8 Å². The van der Waals surface area contributed by atoms with Crippen molar-refractivity contribution >= 4 is 5.91 Å². The first-order chi connectivity index (χ1) is 6.02. The molecular formula is C9H16N2O2. The Morgan fingerprint density at radius 1 is 1.54 bits per heavy atom. The highest BCUT2D eigenvalue weighted by atomic mass is 16.5. The highest BCUT2D eigenvalue weighted by Gasteiger charge is 2.50. The number of nitrogens with zero attached hydrogens (tertiary/aromatic N) is 1. The van der Waals surface area contributed by atoms with Gasteiger partial charge in [0.15, 0.2) is 0 Å². The third kappa shape index (κ3) is 1.25. The fourth-order valence-electron chi connectivity index (χ4n) is 2.46. The van der Waals surface area contributed by atoms with Crippen molar-refractivity contribution in [3.8, 4) is 0 Å². The van der Waals surface area contributed by atoms with Gasteiger partial charge in [0, 0.05) is 20.0 Å².